The maximum Gasteiger partial charge on any atom is 0.000263 e. The molecule has 0 unspecified atom stereocenters. The van der Waals surface area contributed by atoms with Crippen molar-refractivity contribution >= 4 is 0 Å². The summed E-state index contributed by atoms with van der Waals surface area (Å²) in [7, 11) is 0. The van der Waals surface area contributed by atoms with E-state index in [1.54, 1.807) is 0 Å². The first-order chi connectivity index (χ1) is 6.64. The van der Waals surface area contributed by atoms with Crippen LogP contribution >= 0.6 is 0 Å². The molecule has 0 heterocycles. The topological polar surface area (TPSA) is 12.0 Å². The molecule has 0 amide bonds. The second-order valence-electron chi connectivity index (χ2n) is 5.70. The van der Waals surface area contributed by atoms with Crippen LogP contribution in [0.3, 0.4) is 0 Å². The first-order valence-electron chi connectivity index (χ1n) is 6.35. The lowest BCUT2D eigenvalue weighted by molar-refractivity contribution is 0.301. The Balaban J connectivity index is 1.99. The summed E-state index contributed by atoms with van der Waals surface area (Å²) >= 11 is 0. The standard InChI is InChI=1S/C13H27N/c1-4-5-6-9-13(2,3)11-14-10-12-7-8-12/h12,14H,4-11H2,1-3H3. The third kappa shape index (κ3) is 5.64. The van der Waals surface area contributed by atoms with Crippen molar-refractivity contribution < 1.29 is 0 Å². The highest BCUT2D eigenvalue weighted by Crippen LogP contribution is 2.28. The van der Waals surface area contributed by atoms with Gasteiger partial charge in [0.1, 0.15) is 0 Å². The lowest BCUT2D eigenvalue weighted by Crippen LogP contribution is -2.30. The van der Waals surface area contributed by atoms with E-state index in [2.05, 4.69) is 26.1 Å². The smallest absolute Gasteiger partial charge is 0.000263 e. The van der Waals surface area contributed by atoms with Crippen LogP contribution in [0.2, 0.25) is 0 Å². The summed E-state index contributed by atoms with van der Waals surface area (Å²) in [5.41, 5.74) is 0.504. The largest absolute Gasteiger partial charge is 0.316 e. The van der Waals surface area contributed by atoms with Crippen LogP contribution in [0.15, 0.2) is 0 Å². The minimum Gasteiger partial charge on any atom is -0.316 e. The summed E-state index contributed by atoms with van der Waals surface area (Å²) in [5.74, 6) is 1.02. The molecule has 0 radical (unpaired) electrons. The van der Waals surface area contributed by atoms with Gasteiger partial charge in [0.15, 0.2) is 0 Å². The molecule has 14 heavy (non-hydrogen) atoms. The first-order valence-corrected chi connectivity index (χ1v) is 6.35. The Kier molecular flexibility index (Phi) is 4.94. The predicted molar refractivity (Wildman–Crippen MR) is 63.5 cm³/mol. The molecule has 0 aliphatic heterocycles. The summed E-state index contributed by atoms with van der Waals surface area (Å²) in [6.07, 6.45) is 8.43. The highest BCUT2D eigenvalue weighted by Gasteiger charge is 2.22. The molecule has 1 nitrogen and oxygen atoms in total. The summed E-state index contributed by atoms with van der Waals surface area (Å²) in [5, 5.41) is 3.61. The molecule has 1 heteroatoms. The molecule has 0 atom stereocenters. The average molecular weight is 197 g/mol. The number of rotatable bonds is 8. The molecule has 0 aromatic rings. The van der Waals surface area contributed by atoms with E-state index in [9.17, 15) is 0 Å². The average Bonchev–Trinajstić information content (AvgIpc) is 2.88. The van der Waals surface area contributed by atoms with Crippen molar-refractivity contribution in [3.8, 4) is 0 Å². The van der Waals surface area contributed by atoms with Gasteiger partial charge in [-0.3, -0.25) is 0 Å². The fourth-order valence-corrected chi connectivity index (χ4v) is 1.88. The lowest BCUT2D eigenvalue weighted by atomic mass is 9.87. The number of hydrogen-bond donors (Lipinski definition) is 1. The van der Waals surface area contributed by atoms with Gasteiger partial charge < -0.3 is 5.32 Å². The maximum absolute atomic E-state index is 3.61. The van der Waals surface area contributed by atoms with Crippen LogP contribution in [0.4, 0.5) is 0 Å². The maximum atomic E-state index is 3.61. The van der Waals surface area contributed by atoms with Crippen LogP contribution in [0.25, 0.3) is 0 Å². The van der Waals surface area contributed by atoms with Gasteiger partial charge in [-0.2, -0.15) is 0 Å². The zero-order valence-electron chi connectivity index (χ0n) is 10.2. The van der Waals surface area contributed by atoms with Crippen LogP contribution in [0.1, 0.15) is 59.3 Å². The molecule has 0 bridgehead atoms. The second kappa shape index (κ2) is 5.75. The van der Waals surface area contributed by atoms with Crippen molar-refractivity contribution in [2.45, 2.75) is 59.3 Å². The molecular formula is C13H27N. The van der Waals surface area contributed by atoms with Crippen LogP contribution < -0.4 is 5.32 Å². The summed E-state index contributed by atoms with van der Waals surface area (Å²) in [6, 6.07) is 0. The fourth-order valence-electron chi connectivity index (χ4n) is 1.88. The van der Waals surface area contributed by atoms with Gasteiger partial charge in [-0.15, -0.1) is 0 Å². The molecule has 0 aromatic carbocycles. The van der Waals surface area contributed by atoms with E-state index in [4.69, 9.17) is 0 Å². The minimum absolute atomic E-state index is 0.504. The minimum atomic E-state index is 0.504. The van der Waals surface area contributed by atoms with Crippen LogP contribution in [0, 0.1) is 11.3 Å². The van der Waals surface area contributed by atoms with Crippen molar-refractivity contribution in [2.75, 3.05) is 13.1 Å². The summed E-state index contributed by atoms with van der Waals surface area (Å²) in [6.45, 7) is 9.52. The van der Waals surface area contributed by atoms with Gasteiger partial charge in [0.25, 0.3) is 0 Å². The molecule has 1 saturated carbocycles. The Hall–Kier alpha value is -0.0400. The Labute approximate surface area is 89.7 Å². The quantitative estimate of drug-likeness (QED) is 0.586. The van der Waals surface area contributed by atoms with E-state index in [-0.39, 0.29) is 0 Å². The molecule has 84 valence electrons. The molecule has 1 fully saturated rings. The van der Waals surface area contributed by atoms with Gasteiger partial charge in [-0.1, -0.05) is 40.0 Å². The van der Waals surface area contributed by atoms with E-state index in [1.807, 2.05) is 0 Å². The van der Waals surface area contributed by atoms with Crippen LogP contribution in [0.5, 0.6) is 0 Å². The Morgan fingerprint density at radius 1 is 1.21 bits per heavy atom. The molecule has 0 spiro atoms. The van der Waals surface area contributed by atoms with Gasteiger partial charge in [-0.25, -0.2) is 0 Å². The predicted octanol–water partition coefficient (Wildman–Crippen LogP) is 3.59. The fraction of sp³-hybridized carbons (Fsp3) is 1.00. The van der Waals surface area contributed by atoms with E-state index >= 15 is 0 Å². The van der Waals surface area contributed by atoms with Gasteiger partial charge in [-0.05, 0) is 37.1 Å². The molecule has 1 aliphatic rings. The summed E-state index contributed by atoms with van der Waals surface area (Å²) in [4.78, 5) is 0. The monoisotopic (exact) mass is 197 g/mol. The van der Waals surface area contributed by atoms with E-state index in [0.29, 0.717) is 5.41 Å². The van der Waals surface area contributed by atoms with E-state index in [0.717, 1.165) is 5.92 Å². The Morgan fingerprint density at radius 2 is 1.93 bits per heavy atom. The van der Waals surface area contributed by atoms with Gasteiger partial charge in [0.05, 0.1) is 0 Å². The highest BCUT2D eigenvalue weighted by atomic mass is 14.9. The third-order valence-electron chi connectivity index (χ3n) is 3.19. The van der Waals surface area contributed by atoms with Crippen molar-refractivity contribution in [3.05, 3.63) is 0 Å². The zero-order valence-corrected chi connectivity index (χ0v) is 10.2. The molecular weight excluding hydrogens is 170 g/mol. The summed E-state index contributed by atoms with van der Waals surface area (Å²) < 4.78 is 0. The molecule has 1 rings (SSSR count). The normalized spacial score (nSPS) is 17.4. The van der Waals surface area contributed by atoms with Crippen LogP contribution in [-0.2, 0) is 0 Å². The molecule has 1 aliphatic carbocycles. The first kappa shape index (κ1) is 12.0. The number of unbranched alkanes of at least 4 members (excludes halogenated alkanes) is 2. The van der Waals surface area contributed by atoms with Gasteiger partial charge in [0, 0.05) is 6.54 Å². The van der Waals surface area contributed by atoms with Crippen LogP contribution in [-0.4, -0.2) is 13.1 Å². The third-order valence-corrected chi connectivity index (χ3v) is 3.19. The highest BCUT2D eigenvalue weighted by molar-refractivity contribution is 4.78. The van der Waals surface area contributed by atoms with Crippen molar-refractivity contribution in [2.24, 2.45) is 11.3 Å². The zero-order chi connectivity index (χ0) is 10.4. The number of nitrogens with one attached hydrogen (secondary N) is 1. The Morgan fingerprint density at radius 3 is 2.50 bits per heavy atom. The molecule has 1 N–H and O–H groups in total. The van der Waals surface area contributed by atoms with E-state index in [1.165, 1.54) is 51.6 Å². The van der Waals surface area contributed by atoms with Gasteiger partial charge in [0.2, 0.25) is 0 Å². The number of hydrogen-bond acceptors (Lipinski definition) is 1. The lowest BCUT2D eigenvalue weighted by Gasteiger charge is -2.25. The second-order valence-corrected chi connectivity index (χ2v) is 5.70. The van der Waals surface area contributed by atoms with Crippen molar-refractivity contribution in [1.82, 2.24) is 5.32 Å². The molecule has 0 aromatic heterocycles. The van der Waals surface area contributed by atoms with Crippen molar-refractivity contribution in [3.63, 3.8) is 0 Å². The van der Waals surface area contributed by atoms with Gasteiger partial charge >= 0.3 is 0 Å². The molecule has 0 saturated heterocycles. The van der Waals surface area contributed by atoms with Crippen molar-refractivity contribution in [1.29, 1.82) is 0 Å². The van der Waals surface area contributed by atoms with E-state index < -0.39 is 0 Å². The Bertz CT molecular complexity index is 147. The SMILES string of the molecule is CCCCCC(C)(C)CNCC1CC1.